The van der Waals surface area contributed by atoms with Crippen molar-refractivity contribution in [1.29, 1.82) is 0 Å². The van der Waals surface area contributed by atoms with Gasteiger partial charge in [0.2, 0.25) is 0 Å². The molecule has 5 heteroatoms. The third-order valence-corrected chi connectivity index (χ3v) is 5.51. The van der Waals surface area contributed by atoms with Gasteiger partial charge in [0, 0.05) is 12.6 Å². The molecule has 2 rings (SSSR count). The number of aliphatic carboxylic acids is 1. The molecule has 1 saturated heterocycles. The maximum absolute atomic E-state index is 11.7. The first-order chi connectivity index (χ1) is 12.3. The number of carboxylic acid groups (broad SMARTS) is 2. The molecule has 0 radical (unpaired) electrons. The first-order valence-corrected chi connectivity index (χ1v) is 9.66. The van der Waals surface area contributed by atoms with Crippen molar-refractivity contribution in [2.75, 3.05) is 6.54 Å². The minimum absolute atomic E-state index is 0.0152. The van der Waals surface area contributed by atoms with Crippen molar-refractivity contribution in [3.05, 3.63) is 34.9 Å². The van der Waals surface area contributed by atoms with E-state index in [9.17, 15) is 19.8 Å². The summed E-state index contributed by atoms with van der Waals surface area (Å²) in [6, 6.07) is 6.24. The van der Waals surface area contributed by atoms with E-state index in [2.05, 4.69) is 59.7 Å². The third kappa shape index (κ3) is 5.24. The molecule has 2 atom stereocenters. The van der Waals surface area contributed by atoms with E-state index in [1.807, 2.05) is 0 Å². The molecule has 2 N–H and O–H groups in total. The number of piperidine rings is 1. The summed E-state index contributed by atoms with van der Waals surface area (Å²) in [4.78, 5) is 24.5. The molecule has 2 unspecified atom stereocenters. The molecule has 27 heavy (non-hydrogen) atoms. The van der Waals surface area contributed by atoms with Gasteiger partial charge < -0.3 is 15.1 Å². The Bertz CT molecular complexity index is 680. The first kappa shape index (κ1) is 21.3. The summed E-state index contributed by atoms with van der Waals surface area (Å²) in [6.45, 7) is 13.3. The molecule has 0 spiro atoms. The summed E-state index contributed by atoms with van der Waals surface area (Å²) < 4.78 is 0. The van der Waals surface area contributed by atoms with Crippen LogP contribution < -0.4 is 0 Å². The van der Waals surface area contributed by atoms with Crippen LogP contribution in [-0.2, 0) is 22.0 Å². The Kier molecular flexibility index (Phi) is 5.93. The number of amides is 1. The van der Waals surface area contributed by atoms with Crippen LogP contribution in [0.3, 0.4) is 0 Å². The van der Waals surface area contributed by atoms with Crippen LogP contribution in [-0.4, -0.2) is 39.8 Å². The predicted molar refractivity (Wildman–Crippen MR) is 106 cm³/mol. The number of carbonyl (C=O) groups is 2. The monoisotopic (exact) mass is 375 g/mol. The van der Waals surface area contributed by atoms with Gasteiger partial charge in [-0.05, 0) is 46.8 Å². The number of hydrogen-bond donors (Lipinski definition) is 2. The van der Waals surface area contributed by atoms with Crippen molar-refractivity contribution >= 4 is 12.1 Å². The molecule has 1 aromatic carbocycles. The summed E-state index contributed by atoms with van der Waals surface area (Å²) in [5.41, 5.74) is 3.49. The van der Waals surface area contributed by atoms with Crippen LogP contribution in [0.15, 0.2) is 18.2 Å². The zero-order chi connectivity index (χ0) is 20.6. The summed E-state index contributed by atoms with van der Waals surface area (Å²) in [6.07, 6.45) is 0.328. The van der Waals surface area contributed by atoms with Crippen LogP contribution in [0.1, 0.15) is 71.1 Å². The van der Waals surface area contributed by atoms with Crippen molar-refractivity contribution in [2.45, 2.75) is 77.7 Å². The number of hydrogen-bond acceptors (Lipinski definition) is 2. The van der Waals surface area contributed by atoms with E-state index in [1.165, 1.54) is 16.0 Å². The molecule has 0 aliphatic carbocycles. The fraction of sp³-hybridized carbons (Fsp3) is 0.636. The molecular formula is C22H33NO4. The molecule has 1 fully saturated rings. The molecule has 1 aromatic rings. The van der Waals surface area contributed by atoms with Crippen LogP contribution in [0.25, 0.3) is 0 Å². The minimum atomic E-state index is -0.966. The van der Waals surface area contributed by atoms with E-state index in [-0.39, 0.29) is 23.4 Å². The Balaban J connectivity index is 2.40. The van der Waals surface area contributed by atoms with Crippen LogP contribution >= 0.6 is 0 Å². The van der Waals surface area contributed by atoms with E-state index in [4.69, 9.17) is 0 Å². The minimum Gasteiger partial charge on any atom is -0.481 e. The average Bonchev–Trinajstić information content (AvgIpc) is 2.52. The normalized spacial score (nSPS) is 21.2. The average molecular weight is 376 g/mol. The van der Waals surface area contributed by atoms with Crippen LogP contribution in [0.5, 0.6) is 0 Å². The zero-order valence-electron chi connectivity index (χ0n) is 17.4. The lowest BCUT2D eigenvalue weighted by molar-refractivity contribution is -0.143. The van der Waals surface area contributed by atoms with Crippen molar-refractivity contribution in [3.8, 4) is 0 Å². The Morgan fingerprint density at radius 1 is 1.00 bits per heavy atom. The van der Waals surface area contributed by atoms with Gasteiger partial charge in [-0.15, -0.1) is 0 Å². The van der Waals surface area contributed by atoms with Crippen molar-refractivity contribution < 1.29 is 19.8 Å². The largest absolute Gasteiger partial charge is 0.481 e. The molecule has 1 aliphatic rings. The van der Waals surface area contributed by atoms with Gasteiger partial charge in [-0.1, -0.05) is 59.7 Å². The summed E-state index contributed by atoms with van der Waals surface area (Å²) in [5.74, 6) is -1.30. The van der Waals surface area contributed by atoms with Crippen molar-refractivity contribution in [2.24, 2.45) is 5.92 Å². The molecular weight excluding hydrogens is 342 g/mol. The van der Waals surface area contributed by atoms with Crippen molar-refractivity contribution in [3.63, 3.8) is 0 Å². The number of benzene rings is 1. The molecule has 150 valence electrons. The van der Waals surface area contributed by atoms with E-state index < -0.39 is 18.0 Å². The summed E-state index contributed by atoms with van der Waals surface area (Å²) >= 11 is 0. The quantitative estimate of drug-likeness (QED) is 0.805. The second-order valence-corrected chi connectivity index (χ2v) is 9.81. The number of carboxylic acids is 1. The van der Waals surface area contributed by atoms with Gasteiger partial charge in [-0.2, -0.15) is 0 Å². The number of rotatable bonds is 3. The fourth-order valence-corrected chi connectivity index (χ4v) is 3.67. The Labute approximate surface area is 162 Å². The van der Waals surface area contributed by atoms with Crippen LogP contribution in [0, 0.1) is 5.92 Å². The summed E-state index contributed by atoms with van der Waals surface area (Å²) in [7, 11) is 0. The Hall–Kier alpha value is -2.04. The second-order valence-electron chi connectivity index (χ2n) is 9.81. The fourth-order valence-electron chi connectivity index (χ4n) is 3.67. The lowest BCUT2D eigenvalue weighted by Gasteiger charge is -2.37. The summed E-state index contributed by atoms with van der Waals surface area (Å²) in [5, 5.41) is 18.9. The van der Waals surface area contributed by atoms with E-state index in [0.717, 1.165) is 5.56 Å². The van der Waals surface area contributed by atoms with E-state index in [1.54, 1.807) is 0 Å². The number of nitrogens with zero attached hydrogens (tertiary/aromatic N) is 1. The van der Waals surface area contributed by atoms with Crippen LogP contribution in [0.4, 0.5) is 4.79 Å². The van der Waals surface area contributed by atoms with Gasteiger partial charge in [0.05, 0.1) is 5.92 Å². The van der Waals surface area contributed by atoms with Crippen molar-refractivity contribution in [1.82, 2.24) is 4.90 Å². The molecule has 5 nitrogen and oxygen atoms in total. The SMILES string of the molecule is CC(C)(C)c1cc(CC2CC(C(=O)O)CCN2C(=O)O)cc(C(C)(C)C)c1. The van der Waals surface area contributed by atoms with Gasteiger partial charge in [0.1, 0.15) is 0 Å². The smallest absolute Gasteiger partial charge is 0.407 e. The standard InChI is InChI=1S/C22H33NO4/c1-21(2,3)16-9-14(10-17(13-16)22(4,5)6)11-18-12-15(19(24)25)7-8-23(18)20(26)27/h9-10,13,15,18H,7-8,11-12H2,1-6H3,(H,24,25)(H,26,27). The van der Waals surface area contributed by atoms with Gasteiger partial charge >= 0.3 is 12.1 Å². The zero-order valence-corrected chi connectivity index (χ0v) is 17.4. The van der Waals surface area contributed by atoms with Crippen LogP contribution in [0.2, 0.25) is 0 Å². The Morgan fingerprint density at radius 2 is 1.52 bits per heavy atom. The maximum atomic E-state index is 11.7. The lowest BCUT2D eigenvalue weighted by Crippen LogP contribution is -2.48. The highest BCUT2D eigenvalue weighted by Crippen LogP contribution is 2.32. The molecule has 1 aliphatic heterocycles. The molecule has 0 aromatic heterocycles. The number of likely N-dealkylation sites (tertiary alicyclic amines) is 1. The highest BCUT2D eigenvalue weighted by atomic mass is 16.4. The molecule has 1 amide bonds. The first-order valence-electron chi connectivity index (χ1n) is 9.66. The van der Waals surface area contributed by atoms with Gasteiger partial charge in [0.15, 0.2) is 0 Å². The molecule has 1 heterocycles. The third-order valence-electron chi connectivity index (χ3n) is 5.51. The van der Waals surface area contributed by atoms with E-state index >= 15 is 0 Å². The molecule has 0 bridgehead atoms. The Morgan fingerprint density at radius 3 is 1.93 bits per heavy atom. The van der Waals surface area contributed by atoms with Gasteiger partial charge in [-0.3, -0.25) is 4.79 Å². The highest BCUT2D eigenvalue weighted by Gasteiger charge is 2.35. The van der Waals surface area contributed by atoms with E-state index in [0.29, 0.717) is 19.3 Å². The van der Waals surface area contributed by atoms with Gasteiger partial charge in [-0.25, -0.2) is 4.79 Å². The van der Waals surface area contributed by atoms with Gasteiger partial charge in [0.25, 0.3) is 0 Å². The second kappa shape index (κ2) is 7.53. The lowest BCUT2D eigenvalue weighted by atomic mass is 9.78. The maximum Gasteiger partial charge on any atom is 0.407 e. The highest BCUT2D eigenvalue weighted by molar-refractivity contribution is 5.71. The predicted octanol–water partition coefficient (Wildman–Crippen LogP) is 4.67. The topological polar surface area (TPSA) is 77.8 Å². The molecule has 0 saturated carbocycles.